The topological polar surface area (TPSA) is 35.0 Å². The zero-order chi connectivity index (χ0) is 18.6. The molecule has 3 aliphatic carbocycles. The van der Waals surface area contributed by atoms with Crippen LogP contribution in [0.1, 0.15) is 37.3 Å². The Kier molecular flexibility index (Phi) is 3.61. The van der Waals surface area contributed by atoms with Gasteiger partial charge >= 0.3 is 0 Å². The Morgan fingerprint density at radius 2 is 1.78 bits per heavy atom. The van der Waals surface area contributed by atoms with E-state index >= 15 is 0 Å². The van der Waals surface area contributed by atoms with Gasteiger partial charge < -0.3 is 4.74 Å². The average Bonchev–Trinajstić information content (AvgIpc) is 2.73. The van der Waals surface area contributed by atoms with E-state index in [1.807, 2.05) is 30.3 Å². The standard InChI is InChI=1S/C24H24N2O/c1-24(2)17-11-16-12-23(25-14-19(16)20(24)13-17)22-6-4-5-21(26-22)15-7-9-18(27-3)10-8-15/h4-10,12,14,17,20H,11,13H2,1-3H3/t17-,20-/m0/s1. The van der Waals surface area contributed by atoms with Crippen molar-refractivity contribution in [3.63, 3.8) is 0 Å². The Hall–Kier alpha value is -2.68. The maximum Gasteiger partial charge on any atom is 0.118 e. The fraction of sp³-hybridized carbons (Fsp3) is 0.333. The maximum absolute atomic E-state index is 5.25. The van der Waals surface area contributed by atoms with Crippen LogP contribution in [0.3, 0.4) is 0 Å². The predicted octanol–water partition coefficient (Wildman–Crippen LogP) is 5.51. The number of nitrogens with zero attached hydrogens (tertiary/aromatic N) is 2. The fourth-order valence-electron chi connectivity index (χ4n) is 4.79. The van der Waals surface area contributed by atoms with Crippen LogP contribution in [0.15, 0.2) is 54.7 Å². The van der Waals surface area contributed by atoms with Crippen LogP contribution in [0.2, 0.25) is 0 Å². The summed E-state index contributed by atoms with van der Waals surface area (Å²) >= 11 is 0. The van der Waals surface area contributed by atoms with Crippen molar-refractivity contribution in [3.05, 3.63) is 65.9 Å². The molecule has 2 bridgehead atoms. The molecular weight excluding hydrogens is 332 g/mol. The zero-order valence-electron chi connectivity index (χ0n) is 16.1. The van der Waals surface area contributed by atoms with Crippen LogP contribution in [0, 0.1) is 11.3 Å². The van der Waals surface area contributed by atoms with Gasteiger partial charge in [-0.3, -0.25) is 4.98 Å². The van der Waals surface area contributed by atoms with E-state index in [4.69, 9.17) is 14.7 Å². The summed E-state index contributed by atoms with van der Waals surface area (Å²) in [4.78, 5) is 9.66. The van der Waals surface area contributed by atoms with Crippen LogP contribution < -0.4 is 4.74 Å². The third-order valence-corrected chi connectivity index (χ3v) is 6.73. The molecule has 3 aliphatic rings. The molecule has 3 heteroatoms. The van der Waals surface area contributed by atoms with Gasteiger partial charge in [-0.15, -0.1) is 0 Å². The number of ether oxygens (including phenoxy) is 1. The first-order valence-electron chi connectivity index (χ1n) is 9.67. The first-order chi connectivity index (χ1) is 13.1. The van der Waals surface area contributed by atoms with Crippen LogP contribution in [-0.2, 0) is 6.42 Å². The minimum absolute atomic E-state index is 0.433. The van der Waals surface area contributed by atoms with Gasteiger partial charge in [-0.25, -0.2) is 4.98 Å². The molecule has 0 unspecified atom stereocenters. The van der Waals surface area contributed by atoms with Crippen molar-refractivity contribution >= 4 is 0 Å². The van der Waals surface area contributed by atoms with Gasteiger partial charge in [0.15, 0.2) is 0 Å². The molecule has 1 aromatic carbocycles. The fourth-order valence-corrected chi connectivity index (χ4v) is 4.79. The van der Waals surface area contributed by atoms with Crippen LogP contribution in [0.25, 0.3) is 22.6 Å². The number of aromatic nitrogens is 2. The summed E-state index contributed by atoms with van der Waals surface area (Å²) in [7, 11) is 1.68. The molecule has 0 aliphatic heterocycles. The van der Waals surface area contributed by atoms with Gasteiger partial charge in [-0.05, 0) is 83.7 Å². The van der Waals surface area contributed by atoms with Gasteiger partial charge in [-0.1, -0.05) is 19.9 Å². The molecule has 0 saturated heterocycles. The summed E-state index contributed by atoms with van der Waals surface area (Å²) in [5, 5.41) is 0. The smallest absolute Gasteiger partial charge is 0.118 e. The number of benzene rings is 1. The van der Waals surface area contributed by atoms with Crippen molar-refractivity contribution in [3.8, 4) is 28.4 Å². The van der Waals surface area contributed by atoms with Gasteiger partial charge in [0.2, 0.25) is 0 Å². The number of rotatable bonds is 3. The van der Waals surface area contributed by atoms with Gasteiger partial charge in [0, 0.05) is 11.8 Å². The van der Waals surface area contributed by atoms with Gasteiger partial charge in [0.05, 0.1) is 24.2 Å². The summed E-state index contributed by atoms with van der Waals surface area (Å²) in [5.41, 5.74) is 7.31. The molecule has 3 nitrogen and oxygen atoms in total. The van der Waals surface area contributed by atoms with E-state index in [0.717, 1.165) is 34.3 Å². The Balaban J connectivity index is 1.49. The normalized spacial score (nSPS) is 21.9. The highest BCUT2D eigenvalue weighted by atomic mass is 16.5. The maximum atomic E-state index is 5.25. The Labute approximate surface area is 160 Å². The molecule has 1 fully saturated rings. The zero-order valence-corrected chi connectivity index (χ0v) is 16.1. The summed E-state index contributed by atoms with van der Waals surface area (Å²) < 4.78 is 5.25. The van der Waals surface area contributed by atoms with Gasteiger partial charge in [-0.2, -0.15) is 0 Å². The Morgan fingerprint density at radius 1 is 1.00 bits per heavy atom. The van der Waals surface area contributed by atoms with E-state index in [-0.39, 0.29) is 0 Å². The van der Waals surface area contributed by atoms with Crippen molar-refractivity contribution in [1.29, 1.82) is 0 Å². The second kappa shape index (κ2) is 5.91. The monoisotopic (exact) mass is 356 g/mol. The molecule has 3 aromatic rings. The lowest BCUT2D eigenvalue weighted by Gasteiger charge is -2.57. The third kappa shape index (κ3) is 2.56. The molecule has 27 heavy (non-hydrogen) atoms. The molecule has 0 amide bonds. The SMILES string of the molecule is COc1ccc(-c2cccc(-c3cc4c(cn3)[C@@H]3C[C@H](C4)C3(C)C)n2)cc1. The van der Waals surface area contributed by atoms with Gasteiger partial charge in [0.25, 0.3) is 0 Å². The largest absolute Gasteiger partial charge is 0.497 e. The second-order valence-corrected chi connectivity index (χ2v) is 8.42. The number of hydrogen-bond donors (Lipinski definition) is 0. The lowest BCUT2D eigenvalue weighted by atomic mass is 9.47. The van der Waals surface area contributed by atoms with E-state index in [0.29, 0.717) is 11.3 Å². The van der Waals surface area contributed by atoms with E-state index < -0.39 is 0 Å². The van der Waals surface area contributed by atoms with Crippen molar-refractivity contribution < 1.29 is 4.74 Å². The molecule has 1 saturated carbocycles. The lowest BCUT2D eigenvalue weighted by molar-refractivity contribution is 0.0183. The average molecular weight is 356 g/mol. The molecule has 0 spiro atoms. The number of methoxy groups -OCH3 is 1. The quantitative estimate of drug-likeness (QED) is 0.621. The molecule has 2 heterocycles. The summed E-state index contributed by atoms with van der Waals surface area (Å²) in [6, 6.07) is 16.4. The molecule has 2 aromatic heterocycles. The summed E-state index contributed by atoms with van der Waals surface area (Å²) in [6.07, 6.45) is 4.60. The van der Waals surface area contributed by atoms with Crippen LogP contribution >= 0.6 is 0 Å². The highest BCUT2D eigenvalue weighted by molar-refractivity contribution is 5.65. The molecule has 2 atom stereocenters. The van der Waals surface area contributed by atoms with Crippen molar-refractivity contribution in [1.82, 2.24) is 9.97 Å². The summed E-state index contributed by atoms with van der Waals surface area (Å²) in [6.45, 7) is 4.81. The van der Waals surface area contributed by atoms with Crippen molar-refractivity contribution in [2.24, 2.45) is 11.3 Å². The summed E-state index contributed by atoms with van der Waals surface area (Å²) in [5.74, 6) is 2.34. The van der Waals surface area contributed by atoms with E-state index in [1.54, 1.807) is 7.11 Å². The number of pyridine rings is 2. The number of hydrogen-bond acceptors (Lipinski definition) is 3. The Morgan fingerprint density at radius 3 is 2.52 bits per heavy atom. The first kappa shape index (κ1) is 16.5. The van der Waals surface area contributed by atoms with E-state index in [1.165, 1.54) is 24.0 Å². The molecule has 6 rings (SSSR count). The van der Waals surface area contributed by atoms with Gasteiger partial charge in [0.1, 0.15) is 5.75 Å². The first-order valence-corrected chi connectivity index (χ1v) is 9.67. The van der Waals surface area contributed by atoms with Crippen molar-refractivity contribution in [2.75, 3.05) is 7.11 Å². The third-order valence-electron chi connectivity index (χ3n) is 6.73. The molecule has 136 valence electrons. The highest BCUT2D eigenvalue weighted by Gasteiger charge is 2.52. The lowest BCUT2D eigenvalue weighted by Crippen LogP contribution is -2.48. The van der Waals surface area contributed by atoms with Crippen LogP contribution in [-0.4, -0.2) is 17.1 Å². The molecular formula is C24H24N2O. The molecule has 0 radical (unpaired) electrons. The molecule has 0 N–H and O–H groups in total. The minimum atomic E-state index is 0.433. The van der Waals surface area contributed by atoms with Crippen LogP contribution in [0.5, 0.6) is 5.75 Å². The van der Waals surface area contributed by atoms with Crippen LogP contribution in [0.4, 0.5) is 0 Å². The second-order valence-electron chi connectivity index (χ2n) is 8.42. The van der Waals surface area contributed by atoms with Crippen molar-refractivity contribution in [2.45, 2.75) is 32.6 Å². The predicted molar refractivity (Wildman–Crippen MR) is 108 cm³/mol. The van der Waals surface area contributed by atoms with E-state index in [9.17, 15) is 0 Å². The Bertz CT molecular complexity index is 1010. The highest BCUT2D eigenvalue weighted by Crippen LogP contribution is 2.62. The minimum Gasteiger partial charge on any atom is -0.497 e. The van der Waals surface area contributed by atoms with E-state index in [2.05, 4.69) is 38.2 Å².